The molecule has 0 saturated carbocycles. The first-order chi connectivity index (χ1) is 10.7. The van der Waals surface area contributed by atoms with Gasteiger partial charge < -0.3 is 0 Å². The van der Waals surface area contributed by atoms with Gasteiger partial charge in [-0.25, -0.2) is 9.37 Å². The molecule has 0 unspecified atom stereocenters. The first-order valence-electron chi connectivity index (χ1n) is 6.78. The molecule has 3 nitrogen and oxygen atoms in total. The molecule has 5 heteroatoms. The quantitative estimate of drug-likeness (QED) is 0.560. The highest BCUT2D eigenvalue weighted by Crippen LogP contribution is 2.25. The third-order valence-electron chi connectivity index (χ3n) is 3.07. The highest BCUT2D eigenvalue weighted by atomic mass is 32.1. The summed E-state index contributed by atoms with van der Waals surface area (Å²) >= 11 is 1.48. The molecule has 0 atom stereocenters. The maximum Gasteiger partial charge on any atom is 0.203 e. The lowest BCUT2D eigenvalue weighted by Crippen LogP contribution is -1.90. The molecule has 0 amide bonds. The SMILES string of the molecule is Cc1ccc(-c2csc(N/N=C\c3cccc(F)c3)n2)cc1. The topological polar surface area (TPSA) is 37.3 Å². The second kappa shape index (κ2) is 6.49. The van der Waals surface area contributed by atoms with Crippen LogP contribution in [0.4, 0.5) is 9.52 Å². The van der Waals surface area contributed by atoms with Crippen LogP contribution in [0.25, 0.3) is 11.3 Å². The summed E-state index contributed by atoms with van der Waals surface area (Å²) in [5.74, 6) is -0.278. The molecule has 0 radical (unpaired) electrons. The van der Waals surface area contributed by atoms with Crippen LogP contribution in [-0.2, 0) is 0 Å². The van der Waals surface area contributed by atoms with E-state index in [2.05, 4.69) is 34.6 Å². The number of nitrogens with one attached hydrogen (secondary N) is 1. The van der Waals surface area contributed by atoms with Crippen molar-refractivity contribution in [3.8, 4) is 11.3 Å². The van der Waals surface area contributed by atoms with E-state index < -0.39 is 0 Å². The zero-order valence-electron chi connectivity index (χ0n) is 12.0. The van der Waals surface area contributed by atoms with E-state index in [0.29, 0.717) is 10.7 Å². The summed E-state index contributed by atoms with van der Waals surface area (Å²) in [6.45, 7) is 2.05. The van der Waals surface area contributed by atoms with Crippen LogP contribution >= 0.6 is 11.3 Å². The molecule has 22 heavy (non-hydrogen) atoms. The molecule has 2 aromatic carbocycles. The molecule has 3 rings (SSSR count). The summed E-state index contributed by atoms with van der Waals surface area (Å²) in [5.41, 5.74) is 6.77. The van der Waals surface area contributed by atoms with Crippen molar-refractivity contribution in [1.29, 1.82) is 0 Å². The largest absolute Gasteiger partial charge is 0.253 e. The first-order valence-corrected chi connectivity index (χ1v) is 7.66. The minimum absolute atomic E-state index is 0.278. The number of anilines is 1. The van der Waals surface area contributed by atoms with Gasteiger partial charge in [0, 0.05) is 10.9 Å². The summed E-state index contributed by atoms with van der Waals surface area (Å²) in [6, 6.07) is 14.5. The average molecular weight is 311 g/mol. The van der Waals surface area contributed by atoms with Crippen molar-refractivity contribution in [3.05, 3.63) is 70.9 Å². The van der Waals surface area contributed by atoms with Crippen molar-refractivity contribution in [2.45, 2.75) is 6.92 Å². The van der Waals surface area contributed by atoms with Gasteiger partial charge in [-0.15, -0.1) is 11.3 Å². The number of hydrogen-bond acceptors (Lipinski definition) is 4. The zero-order valence-corrected chi connectivity index (χ0v) is 12.8. The smallest absolute Gasteiger partial charge is 0.203 e. The van der Waals surface area contributed by atoms with E-state index in [0.717, 1.165) is 11.3 Å². The fourth-order valence-corrected chi connectivity index (χ4v) is 2.60. The number of halogens is 1. The van der Waals surface area contributed by atoms with Crippen LogP contribution in [0.2, 0.25) is 0 Å². The number of thiazole rings is 1. The van der Waals surface area contributed by atoms with Gasteiger partial charge in [0.05, 0.1) is 11.9 Å². The van der Waals surface area contributed by atoms with Gasteiger partial charge in [-0.1, -0.05) is 42.0 Å². The number of hydrazone groups is 1. The maximum absolute atomic E-state index is 13.0. The predicted octanol–water partition coefficient (Wildman–Crippen LogP) is 4.70. The van der Waals surface area contributed by atoms with Gasteiger partial charge in [0.2, 0.25) is 5.13 Å². The van der Waals surface area contributed by atoms with Gasteiger partial charge in [0.1, 0.15) is 5.82 Å². The van der Waals surface area contributed by atoms with Gasteiger partial charge >= 0.3 is 0 Å². The van der Waals surface area contributed by atoms with Crippen LogP contribution in [0.5, 0.6) is 0 Å². The fraction of sp³-hybridized carbons (Fsp3) is 0.0588. The number of rotatable bonds is 4. The predicted molar refractivity (Wildman–Crippen MR) is 89.9 cm³/mol. The molecule has 0 aliphatic heterocycles. The van der Waals surface area contributed by atoms with Crippen LogP contribution in [-0.4, -0.2) is 11.2 Å². The fourth-order valence-electron chi connectivity index (χ4n) is 1.93. The average Bonchev–Trinajstić information content (AvgIpc) is 2.97. The summed E-state index contributed by atoms with van der Waals surface area (Å²) in [6.07, 6.45) is 1.57. The Morgan fingerprint density at radius 3 is 2.77 bits per heavy atom. The van der Waals surface area contributed by atoms with Crippen molar-refractivity contribution in [3.63, 3.8) is 0 Å². The van der Waals surface area contributed by atoms with Crippen LogP contribution < -0.4 is 5.43 Å². The van der Waals surface area contributed by atoms with Crippen molar-refractivity contribution >= 4 is 22.7 Å². The van der Waals surface area contributed by atoms with Crippen LogP contribution in [0.1, 0.15) is 11.1 Å². The number of benzene rings is 2. The lowest BCUT2D eigenvalue weighted by atomic mass is 10.1. The number of nitrogens with zero attached hydrogens (tertiary/aromatic N) is 2. The molecule has 1 heterocycles. The Bertz CT molecular complexity index is 794. The third-order valence-corrected chi connectivity index (χ3v) is 3.82. The van der Waals surface area contributed by atoms with E-state index in [4.69, 9.17) is 0 Å². The van der Waals surface area contributed by atoms with Gasteiger partial charge in [0.15, 0.2) is 0 Å². The highest BCUT2D eigenvalue weighted by Gasteiger charge is 2.03. The lowest BCUT2D eigenvalue weighted by Gasteiger charge is -1.97. The zero-order chi connectivity index (χ0) is 15.4. The molecule has 3 aromatic rings. The van der Waals surface area contributed by atoms with E-state index >= 15 is 0 Å². The number of aryl methyl sites for hydroxylation is 1. The maximum atomic E-state index is 13.0. The summed E-state index contributed by atoms with van der Waals surface area (Å²) in [5, 5.41) is 6.75. The number of aromatic nitrogens is 1. The van der Waals surface area contributed by atoms with Gasteiger partial charge in [-0.3, -0.25) is 5.43 Å². The molecule has 110 valence electrons. The third kappa shape index (κ3) is 3.56. The Kier molecular flexibility index (Phi) is 4.25. The van der Waals surface area contributed by atoms with Crippen LogP contribution in [0.3, 0.4) is 0 Å². The Hall–Kier alpha value is -2.53. The lowest BCUT2D eigenvalue weighted by molar-refractivity contribution is 0.627. The summed E-state index contributed by atoms with van der Waals surface area (Å²) in [4.78, 5) is 4.48. The van der Waals surface area contributed by atoms with E-state index in [1.54, 1.807) is 18.3 Å². The molecule has 1 N–H and O–H groups in total. The summed E-state index contributed by atoms with van der Waals surface area (Å²) < 4.78 is 13.0. The van der Waals surface area contributed by atoms with Crippen LogP contribution in [0, 0.1) is 12.7 Å². The molecule has 1 aromatic heterocycles. The Morgan fingerprint density at radius 2 is 2.00 bits per heavy atom. The normalized spacial score (nSPS) is 11.0. The Morgan fingerprint density at radius 1 is 1.18 bits per heavy atom. The second-order valence-corrected chi connectivity index (χ2v) is 5.69. The van der Waals surface area contributed by atoms with Crippen molar-refractivity contribution in [1.82, 2.24) is 4.98 Å². The van der Waals surface area contributed by atoms with E-state index in [-0.39, 0.29) is 5.82 Å². The van der Waals surface area contributed by atoms with Crippen molar-refractivity contribution in [2.75, 3.05) is 5.43 Å². The summed E-state index contributed by atoms with van der Waals surface area (Å²) in [7, 11) is 0. The molecular formula is C17H14FN3S. The standard InChI is InChI=1S/C17H14FN3S/c1-12-5-7-14(8-6-12)16-11-22-17(20-16)21-19-10-13-3-2-4-15(18)9-13/h2-11H,1H3,(H,20,21)/b19-10-. The van der Waals surface area contributed by atoms with Gasteiger partial charge in [-0.2, -0.15) is 5.10 Å². The molecule has 0 bridgehead atoms. The molecule has 0 aliphatic rings. The van der Waals surface area contributed by atoms with E-state index in [1.165, 1.54) is 29.0 Å². The van der Waals surface area contributed by atoms with Gasteiger partial charge in [-0.05, 0) is 24.6 Å². The Labute approximate surface area is 132 Å². The Balaban J connectivity index is 1.68. The molecule has 0 aliphatic carbocycles. The monoisotopic (exact) mass is 311 g/mol. The van der Waals surface area contributed by atoms with Gasteiger partial charge in [0.25, 0.3) is 0 Å². The van der Waals surface area contributed by atoms with E-state index in [9.17, 15) is 4.39 Å². The minimum Gasteiger partial charge on any atom is -0.253 e. The van der Waals surface area contributed by atoms with Crippen molar-refractivity contribution < 1.29 is 4.39 Å². The molecular weight excluding hydrogens is 297 g/mol. The van der Waals surface area contributed by atoms with Crippen LogP contribution in [0.15, 0.2) is 59.0 Å². The molecule has 0 saturated heterocycles. The second-order valence-electron chi connectivity index (χ2n) is 4.83. The first kappa shape index (κ1) is 14.4. The molecule has 0 spiro atoms. The van der Waals surface area contributed by atoms with Crippen molar-refractivity contribution in [2.24, 2.45) is 5.10 Å². The van der Waals surface area contributed by atoms with E-state index in [1.807, 2.05) is 17.5 Å². The minimum atomic E-state index is -0.278. The number of hydrogen-bond donors (Lipinski definition) is 1. The molecule has 0 fully saturated rings. The highest BCUT2D eigenvalue weighted by molar-refractivity contribution is 7.14.